The number of hydrogen-bond acceptors (Lipinski definition) is 4. The van der Waals surface area contributed by atoms with Crippen molar-refractivity contribution >= 4 is 23.4 Å². The van der Waals surface area contributed by atoms with Crippen LogP contribution in [0.3, 0.4) is 0 Å². The van der Waals surface area contributed by atoms with Gasteiger partial charge in [0.15, 0.2) is 0 Å². The van der Waals surface area contributed by atoms with E-state index in [1.54, 1.807) is 18.2 Å². The number of benzene rings is 2. The Morgan fingerprint density at radius 1 is 1.12 bits per heavy atom. The Morgan fingerprint density at radius 2 is 1.72 bits per heavy atom. The highest BCUT2D eigenvalue weighted by Gasteiger charge is 2.10. The van der Waals surface area contributed by atoms with Gasteiger partial charge in [0, 0.05) is 24.5 Å². The molecule has 0 saturated carbocycles. The average molecular weight is 335 g/mol. The number of phenolic OH excluding ortho intramolecular Hbond substituents is 1. The van der Waals surface area contributed by atoms with E-state index in [0.29, 0.717) is 5.69 Å². The van der Waals surface area contributed by atoms with Crippen LogP contribution in [-0.2, 0) is 4.79 Å². The number of hydrogen-bond donors (Lipinski definition) is 2. The van der Waals surface area contributed by atoms with E-state index in [2.05, 4.69) is 24.1 Å². The number of amides is 1. The average Bonchev–Trinajstić information content (AvgIpc) is 2.63. The van der Waals surface area contributed by atoms with Crippen LogP contribution in [0.1, 0.15) is 19.4 Å². The van der Waals surface area contributed by atoms with Crippen LogP contribution in [0, 0.1) is 11.3 Å². The van der Waals surface area contributed by atoms with Gasteiger partial charge in [-0.15, -0.1) is 0 Å². The standard InChI is InChI=1S/C20H21N3O2/c1-3-23(4-2)18-9-5-15(6-10-18)13-16(14-21)20(25)22-17-7-11-19(24)12-8-17/h5-13,24H,3-4H2,1-2H3,(H,22,25). The Bertz CT molecular complexity index is 783. The van der Waals surface area contributed by atoms with Crippen LogP contribution in [0.25, 0.3) is 6.08 Å². The fourth-order valence-corrected chi connectivity index (χ4v) is 2.43. The zero-order valence-electron chi connectivity index (χ0n) is 14.4. The first kappa shape index (κ1) is 18.1. The minimum absolute atomic E-state index is 0.0173. The van der Waals surface area contributed by atoms with Crippen molar-refractivity contribution in [2.45, 2.75) is 13.8 Å². The monoisotopic (exact) mass is 335 g/mol. The van der Waals surface area contributed by atoms with Crippen molar-refractivity contribution in [3.63, 3.8) is 0 Å². The highest BCUT2D eigenvalue weighted by atomic mass is 16.3. The third-order valence-corrected chi connectivity index (χ3v) is 3.82. The van der Waals surface area contributed by atoms with E-state index in [9.17, 15) is 15.2 Å². The molecule has 2 rings (SSSR count). The van der Waals surface area contributed by atoms with Gasteiger partial charge in [0.2, 0.25) is 0 Å². The fourth-order valence-electron chi connectivity index (χ4n) is 2.43. The quantitative estimate of drug-likeness (QED) is 0.478. The SMILES string of the molecule is CCN(CC)c1ccc(C=C(C#N)C(=O)Nc2ccc(O)cc2)cc1. The van der Waals surface area contributed by atoms with Crippen molar-refractivity contribution in [1.29, 1.82) is 5.26 Å². The smallest absolute Gasteiger partial charge is 0.266 e. The molecule has 0 fully saturated rings. The summed E-state index contributed by atoms with van der Waals surface area (Å²) in [5, 5.41) is 21.2. The summed E-state index contributed by atoms with van der Waals surface area (Å²) < 4.78 is 0. The van der Waals surface area contributed by atoms with Crippen molar-refractivity contribution in [3.05, 3.63) is 59.7 Å². The molecule has 2 aromatic carbocycles. The van der Waals surface area contributed by atoms with Gasteiger partial charge in [-0.1, -0.05) is 12.1 Å². The van der Waals surface area contributed by atoms with Crippen molar-refractivity contribution < 1.29 is 9.90 Å². The van der Waals surface area contributed by atoms with Crippen molar-refractivity contribution in [3.8, 4) is 11.8 Å². The number of anilines is 2. The summed E-state index contributed by atoms with van der Waals surface area (Å²) in [5.74, 6) is -0.372. The lowest BCUT2D eigenvalue weighted by Crippen LogP contribution is -2.21. The molecule has 0 spiro atoms. The largest absolute Gasteiger partial charge is 0.508 e. The van der Waals surface area contributed by atoms with Crippen LogP contribution in [0.2, 0.25) is 0 Å². The Hall–Kier alpha value is -3.26. The van der Waals surface area contributed by atoms with E-state index < -0.39 is 5.91 Å². The molecule has 0 bridgehead atoms. The maximum atomic E-state index is 12.2. The van der Waals surface area contributed by atoms with E-state index in [-0.39, 0.29) is 11.3 Å². The number of nitriles is 1. The number of carbonyl (C=O) groups excluding carboxylic acids is 1. The van der Waals surface area contributed by atoms with Crippen LogP contribution >= 0.6 is 0 Å². The predicted molar refractivity (Wildman–Crippen MR) is 100 cm³/mol. The summed E-state index contributed by atoms with van der Waals surface area (Å²) in [4.78, 5) is 14.4. The van der Waals surface area contributed by atoms with Gasteiger partial charge < -0.3 is 15.3 Å². The van der Waals surface area contributed by atoms with E-state index in [0.717, 1.165) is 24.3 Å². The van der Waals surface area contributed by atoms with Gasteiger partial charge >= 0.3 is 0 Å². The van der Waals surface area contributed by atoms with E-state index >= 15 is 0 Å². The minimum atomic E-state index is -0.485. The van der Waals surface area contributed by atoms with Crippen LogP contribution < -0.4 is 10.2 Å². The topological polar surface area (TPSA) is 76.4 Å². The maximum Gasteiger partial charge on any atom is 0.266 e. The molecule has 0 radical (unpaired) electrons. The fraction of sp³-hybridized carbons (Fsp3) is 0.200. The highest BCUT2D eigenvalue weighted by Crippen LogP contribution is 2.18. The third kappa shape index (κ3) is 4.85. The van der Waals surface area contributed by atoms with Crippen molar-refractivity contribution in [2.24, 2.45) is 0 Å². The predicted octanol–water partition coefficient (Wildman–Crippen LogP) is 3.78. The number of nitrogens with one attached hydrogen (secondary N) is 1. The van der Waals surface area contributed by atoms with Crippen LogP contribution in [0.4, 0.5) is 11.4 Å². The summed E-state index contributed by atoms with van der Waals surface area (Å²) in [5.41, 5.74) is 2.42. The second kappa shape index (κ2) is 8.55. The number of nitrogens with zero attached hydrogens (tertiary/aromatic N) is 2. The third-order valence-electron chi connectivity index (χ3n) is 3.82. The van der Waals surface area contributed by atoms with Crippen molar-refractivity contribution in [2.75, 3.05) is 23.3 Å². The Balaban J connectivity index is 2.14. The number of aromatic hydroxyl groups is 1. The first-order chi connectivity index (χ1) is 12.1. The number of phenols is 1. The highest BCUT2D eigenvalue weighted by molar-refractivity contribution is 6.09. The molecular weight excluding hydrogens is 314 g/mol. The maximum absolute atomic E-state index is 12.2. The van der Waals surface area contributed by atoms with E-state index in [4.69, 9.17) is 0 Å². The van der Waals surface area contributed by atoms with Crippen LogP contribution in [0.5, 0.6) is 5.75 Å². The molecule has 128 valence electrons. The molecule has 0 unspecified atom stereocenters. The molecule has 2 N–H and O–H groups in total. The first-order valence-electron chi connectivity index (χ1n) is 8.14. The van der Waals surface area contributed by atoms with Crippen molar-refractivity contribution in [1.82, 2.24) is 0 Å². The van der Waals surface area contributed by atoms with Gasteiger partial charge in [0.05, 0.1) is 0 Å². The van der Waals surface area contributed by atoms with Gasteiger partial charge in [-0.25, -0.2) is 0 Å². The zero-order chi connectivity index (χ0) is 18.2. The molecule has 5 nitrogen and oxygen atoms in total. The lowest BCUT2D eigenvalue weighted by atomic mass is 10.1. The molecule has 0 saturated heterocycles. The first-order valence-corrected chi connectivity index (χ1v) is 8.14. The Kier molecular flexibility index (Phi) is 6.19. The van der Waals surface area contributed by atoms with Gasteiger partial charge in [0.25, 0.3) is 5.91 Å². The lowest BCUT2D eigenvalue weighted by Gasteiger charge is -2.20. The Labute approximate surface area is 147 Å². The van der Waals surface area contributed by atoms with Gasteiger partial charge in [-0.3, -0.25) is 4.79 Å². The van der Waals surface area contributed by atoms with Crippen LogP contribution in [-0.4, -0.2) is 24.1 Å². The van der Waals surface area contributed by atoms with E-state index in [1.807, 2.05) is 30.3 Å². The molecule has 0 aliphatic carbocycles. The summed E-state index contributed by atoms with van der Waals surface area (Å²) in [6.07, 6.45) is 1.56. The summed E-state index contributed by atoms with van der Waals surface area (Å²) in [6, 6.07) is 15.7. The zero-order valence-corrected chi connectivity index (χ0v) is 14.4. The summed E-state index contributed by atoms with van der Waals surface area (Å²) >= 11 is 0. The Morgan fingerprint density at radius 3 is 2.24 bits per heavy atom. The molecule has 1 amide bonds. The normalized spacial score (nSPS) is 10.8. The molecule has 0 heterocycles. The van der Waals surface area contributed by atoms with Gasteiger partial charge in [-0.05, 0) is 61.9 Å². The lowest BCUT2D eigenvalue weighted by molar-refractivity contribution is -0.112. The molecule has 0 atom stereocenters. The second-order valence-corrected chi connectivity index (χ2v) is 5.43. The molecule has 2 aromatic rings. The molecule has 0 aliphatic heterocycles. The number of carbonyl (C=O) groups is 1. The molecule has 0 aliphatic rings. The summed E-state index contributed by atoms with van der Waals surface area (Å²) in [6.45, 7) is 6.03. The number of rotatable bonds is 6. The van der Waals surface area contributed by atoms with Crippen LogP contribution in [0.15, 0.2) is 54.1 Å². The minimum Gasteiger partial charge on any atom is -0.508 e. The van der Waals surface area contributed by atoms with Gasteiger partial charge in [0.1, 0.15) is 17.4 Å². The van der Waals surface area contributed by atoms with E-state index in [1.165, 1.54) is 12.1 Å². The molecule has 25 heavy (non-hydrogen) atoms. The molecule has 5 heteroatoms. The molecule has 0 aromatic heterocycles. The summed E-state index contributed by atoms with van der Waals surface area (Å²) in [7, 11) is 0. The molecular formula is C20H21N3O2. The second-order valence-electron chi connectivity index (χ2n) is 5.43. The van der Waals surface area contributed by atoms with Gasteiger partial charge in [-0.2, -0.15) is 5.26 Å².